The van der Waals surface area contributed by atoms with Crippen molar-refractivity contribution < 1.29 is 9.47 Å². The van der Waals surface area contributed by atoms with Crippen LogP contribution < -0.4 is 25.0 Å². The zero-order valence-corrected chi connectivity index (χ0v) is 19.9. The molecule has 1 aromatic rings. The number of guanidine groups is 1. The third-order valence-corrected chi connectivity index (χ3v) is 5.67. The molecule has 1 unspecified atom stereocenters. The summed E-state index contributed by atoms with van der Waals surface area (Å²) >= 11 is 0. The fraction of sp³-hybridized carbons (Fsp3) is 0.696. The van der Waals surface area contributed by atoms with Crippen LogP contribution >= 0.6 is 0 Å². The van der Waals surface area contributed by atoms with Crippen LogP contribution in [0.25, 0.3) is 0 Å². The van der Waals surface area contributed by atoms with Crippen LogP contribution in [0.15, 0.2) is 23.2 Å². The van der Waals surface area contributed by atoms with Gasteiger partial charge >= 0.3 is 0 Å². The molecule has 1 heterocycles. The van der Waals surface area contributed by atoms with Crippen LogP contribution in [0.3, 0.4) is 0 Å². The van der Waals surface area contributed by atoms with Crippen LogP contribution in [-0.2, 0) is 0 Å². The maximum atomic E-state index is 5.41. The van der Waals surface area contributed by atoms with Crippen molar-refractivity contribution in [3.8, 4) is 11.5 Å². The standard InChI is InChI=1S/C23H41N5O2/c1-17(2)28(18(3)4)11-8-10-25-23(24-5)26-19-9-12-27(16-19)20-13-21(29-6)15-22(14-20)30-7/h13-15,17-19H,8-12,16H2,1-7H3,(H2,24,25,26). The summed E-state index contributed by atoms with van der Waals surface area (Å²) in [6.07, 6.45) is 2.16. The summed E-state index contributed by atoms with van der Waals surface area (Å²) in [7, 11) is 5.21. The molecule has 0 aromatic heterocycles. The first kappa shape index (κ1) is 24.1. The van der Waals surface area contributed by atoms with Crippen LogP contribution in [-0.4, -0.2) is 76.4 Å². The zero-order valence-electron chi connectivity index (χ0n) is 19.9. The van der Waals surface area contributed by atoms with Gasteiger partial charge in [-0.2, -0.15) is 0 Å². The van der Waals surface area contributed by atoms with Gasteiger partial charge in [-0.25, -0.2) is 0 Å². The number of benzene rings is 1. The highest BCUT2D eigenvalue weighted by atomic mass is 16.5. The van der Waals surface area contributed by atoms with Gasteiger partial charge in [0.15, 0.2) is 5.96 Å². The van der Waals surface area contributed by atoms with Crippen LogP contribution in [0.1, 0.15) is 40.5 Å². The fourth-order valence-electron chi connectivity index (χ4n) is 4.06. The molecule has 0 spiro atoms. The molecule has 2 N–H and O–H groups in total. The van der Waals surface area contributed by atoms with Gasteiger partial charge in [0.05, 0.1) is 14.2 Å². The average Bonchev–Trinajstić information content (AvgIpc) is 3.20. The van der Waals surface area contributed by atoms with Gasteiger partial charge in [-0.15, -0.1) is 0 Å². The highest BCUT2D eigenvalue weighted by Crippen LogP contribution is 2.30. The van der Waals surface area contributed by atoms with E-state index in [2.05, 4.69) is 65.3 Å². The third kappa shape index (κ3) is 6.97. The normalized spacial score (nSPS) is 17.2. The molecule has 0 aliphatic carbocycles. The number of ether oxygens (including phenoxy) is 2. The quantitative estimate of drug-likeness (QED) is 0.345. The fourth-order valence-corrected chi connectivity index (χ4v) is 4.06. The van der Waals surface area contributed by atoms with Gasteiger partial charge in [-0.05, 0) is 40.5 Å². The SMILES string of the molecule is CN=C(NCCCN(C(C)C)C(C)C)NC1CCN(c2cc(OC)cc(OC)c2)C1. The lowest BCUT2D eigenvalue weighted by molar-refractivity contribution is 0.173. The maximum Gasteiger partial charge on any atom is 0.191 e. The summed E-state index contributed by atoms with van der Waals surface area (Å²) in [5, 5.41) is 7.05. The monoisotopic (exact) mass is 419 g/mol. The Morgan fingerprint density at radius 2 is 1.77 bits per heavy atom. The molecule has 1 fully saturated rings. The molecule has 1 aliphatic heterocycles. The first-order chi connectivity index (χ1) is 14.4. The van der Waals surface area contributed by atoms with Gasteiger partial charge in [-0.3, -0.25) is 9.89 Å². The molecule has 0 saturated carbocycles. The Morgan fingerprint density at radius 1 is 1.13 bits per heavy atom. The van der Waals surface area contributed by atoms with E-state index < -0.39 is 0 Å². The van der Waals surface area contributed by atoms with Gasteiger partial charge in [0.1, 0.15) is 11.5 Å². The molecular weight excluding hydrogens is 378 g/mol. The smallest absolute Gasteiger partial charge is 0.191 e. The lowest BCUT2D eigenvalue weighted by atomic mass is 10.2. The van der Waals surface area contributed by atoms with E-state index in [0.717, 1.165) is 62.2 Å². The predicted octanol–water partition coefficient (Wildman–Crippen LogP) is 2.96. The predicted molar refractivity (Wildman–Crippen MR) is 126 cm³/mol. The highest BCUT2D eigenvalue weighted by molar-refractivity contribution is 5.80. The Balaban J connectivity index is 1.82. The van der Waals surface area contributed by atoms with E-state index in [1.165, 1.54) is 0 Å². The summed E-state index contributed by atoms with van der Waals surface area (Å²) in [6.45, 7) is 13.0. The Morgan fingerprint density at radius 3 is 2.30 bits per heavy atom. The van der Waals surface area contributed by atoms with E-state index in [-0.39, 0.29) is 0 Å². The summed E-state index contributed by atoms with van der Waals surface area (Å²) in [5.41, 5.74) is 1.13. The summed E-state index contributed by atoms with van der Waals surface area (Å²) < 4.78 is 10.8. The molecule has 30 heavy (non-hydrogen) atoms. The molecule has 170 valence electrons. The van der Waals surface area contributed by atoms with E-state index in [9.17, 15) is 0 Å². The molecule has 7 nitrogen and oxygen atoms in total. The van der Waals surface area contributed by atoms with Crippen molar-refractivity contribution in [3.63, 3.8) is 0 Å². The molecular formula is C23H41N5O2. The number of anilines is 1. The minimum atomic E-state index is 0.358. The van der Waals surface area contributed by atoms with Crippen LogP contribution in [0.5, 0.6) is 11.5 Å². The van der Waals surface area contributed by atoms with Crippen LogP contribution in [0, 0.1) is 0 Å². The average molecular weight is 420 g/mol. The van der Waals surface area contributed by atoms with Crippen molar-refractivity contribution in [2.24, 2.45) is 4.99 Å². The van der Waals surface area contributed by atoms with Gasteiger partial charge in [0, 0.05) is 75.2 Å². The topological polar surface area (TPSA) is 61.4 Å². The van der Waals surface area contributed by atoms with Gasteiger partial charge in [-0.1, -0.05) is 0 Å². The second-order valence-corrected chi connectivity index (χ2v) is 8.42. The second-order valence-electron chi connectivity index (χ2n) is 8.42. The number of hydrogen-bond acceptors (Lipinski definition) is 5. The number of nitrogens with one attached hydrogen (secondary N) is 2. The first-order valence-corrected chi connectivity index (χ1v) is 11.1. The molecule has 0 amide bonds. The Bertz CT molecular complexity index is 647. The molecule has 0 radical (unpaired) electrons. The number of rotatable bonds is 10. The molecule has 0 bridgehead atoms. The number of nitrogens with zero attached hydrogens (tertiary/aromatic N) is 3. The molecule has 1 saturated heterocycles. The summed E-state index contributed by atoms with van der Waals surface area (Å²) in [5.74, 6) is 2.51. The van der Waals surface area contributed by atoms with Crippen molar-refractivity contribution in [1.82, 2.24) is 15.5 Å². The second kappa shape index (κ2) is 11.9. The summed E-state index contributed by atoms with van der Waals surface area (Å²) in [6, 6.07) is 7.53. The van der Waals surface area contributed by atoms with Crippen molar-refractivity contribution in [2.75, 3.05) is 52.3 Å². The van der Waals surface area contributed by atoms with Gasteiger partial charge in [0.2, 0.25) is 0 Å². The van der Waals surface area contributed by atoms with Crippen LogP contribution in [0.4, 0.5) is 5.69 Å². The van der Waals surface area contributed by atoms with Crippen molar-refractivity contribution in [1.29, 1.82) is 0 Å². The number of methoxy groups -OCH3 is 2. The zero-order chi connectivity index (χ0) is 22.1. The Labute approximate surface area is 182 Å². The number of aliphatic imine (C=N–C) groups is 1. The third-order valence-electron chi connectivity index (χ3n) is 5.67. The lowest BCUT2D eigenvalue weighted by Crippen LogP contribution is -2.45. The van der Waals surface area contributed by atoms with Gasteiger partial charge < -0.3 is 25.0 Å². The van der Waals surface area contributed by atoms with Crippen molar-refractivity contribution >= 4 is 11.6 Å². The van der Waals surface area contributed by atoms with E-state index in [1.807, 2.05) is 13.1 Å². The number of hydrogen-bond donors (Lipinski definition) is 2. The minimum Gasteiger partial charge on any atom is -0.497 e. The van der Waals surface area contributed by atoms with Crippen molar-refractivity contribution in [2.45, 2.75) is 58.7 Å². The van der Waals surface area contributed by atoms with E-state index >= 15 is 0 Å². The largest absolute Gasteiger partial charge is 0.497 e. The Kier molecular flexibility index (Phi) is 9.56. The maximum absolute atomic E-state index is 5.41. The highest BCUT2D eigenvalue weighted by Gasteiger charge is 2.24. The summed E-state index contributed by atoms with van der Waals surface area (Å²) in [4.78, 5) is 9.30. The van der Waals surface area contributed by atoms with E-state index in [0.29, 0.717) is 18.1 Å². The van der Waals surface area contributed by atoms with E-state index in [1.54, 1.807) is 14.2 Å². The Hall–Kier alpha value is -2.15. The first-order valence-electron chi connectivity index (χ1n) is 11.1. The van der Waals surface area contributed by atoms with Crippen LogP contribution in [0.2, 0.25) is 0 Å². The molecule has 1 atom stereocenters. The molecule has 2 rings (SSSR count). The molecule has 1 aromatic carbocycles. The minimum absolute atomic E-state index is 0.358. The molecule has 7 heteroatoms. The van der Waals surface area contributed by atoms with Gasteiger partial charge in [0.25, 0.3) is 0 Å². The van der Waals surface area contributed by atoms with E-state index in [4.69, 9.17) is 9.47 Å². The lowest BCUT2D eigenvalue weighted by Gasteiger charge is -2.30. The molecule has 1 aliphatic rings. The van der Waals surface area contributed by atoms with Crippen molar-refractivity contribution in [3.05, 3.63) is 18.2 Å².